The lowest BCUT2D eigenvalue weighted by Crippen LogP contribution is -2.43. The minimum Gasteiger partial charge on any atom is -0.456 e. The normalized spacial score (nSPS) is 10.8. The number of Topliss-reactive ketones (excluding diaryl/α,β-unsaturated/α-hetero) is 2. The van der Waals surface area contributed by atoms with E-state index in [-0.39, 0.29) is 19.4 Å². The summed E-state index contributed by atoms with van der Waals surface area (Å²) >= 11 is 0. The van der Waals surface area contributed by atoms with Gasteiger partial charge in [0.05, 0.1) is 0 Å². The summed E-state index contributed by atoms with van der Waals surface area (Å²) in [4.78, 5) is 50.8. The van der Waals surface area contributed by atoms with E-state index >= 15 is 0 Å². The number of carbonyl (C=O) groups excluding carboxylic acids is 4. The SMILES string of the molecule is [N-]=[N+]=CC(=O)CC[C@H](NC(=O)OCc1ccccc1)C(=O)OCC(=O)c1ccccc1. The summed E-state index contributed by atoms with van der Waals surface area (Å²) in [5.74, 6) is -1.86. The number of ketones is 2. The Labute approximate surface area is 178 Å². The largest absolute Gasteiger partial charge is 0.456 e. The van der Waals surface area contributed by atoms with Crippen molar-refractivity contribution in [2.75, 3.05) is 6.61 Å². The van der Waals surface area contributed by atoms with Gasteiger partial charge in [-0.15, -0.1) is 0 Å². The number of amides is 1. The first kappa shape index (κ1) is 23.2. The number of esters is 1. The molecule has 160 valence electrons. The molecule has 0 radical (unpaired) electrons. The molecule has 0 aliphatic rings. The van der Waals surface area contributed by atoms with E-state index in [1.165, 1.54) is 0 Å². The van der Waals surface area contributed by atoms with E-state index in [1.807, 2.05) is 6.07 Å². The van der Waals surface area contributed by atoms with Gasteiger partial charge in [0.25, 0.3) is 0 Å². The van der Waals surface area contributed by atoms with E-state index in [2.05, 4.69) is 10.1 Å². The monoisotopic (exact) mass is 423 g/mol. The lowest BCUT2D eigenvalue weighted by Gasteiger charge is -2.17. The van der Waals surface area contributed by atoms with Crippen molar-refractivity contribution in [1.29, 1.82) is 0 Å². The number of hydrogen-bond donors (Lipinski definition) is 1. The Hall–Kier alpha value is -4.10. The number of alkyl carbamates (subject to hydrolysis) is 1. The molecule has 0 saturated heterocycles. The van der Waals surface area contributed by atoms with Crippen molar-refractivity contribution in [1.82, 2.24) is 5.32 Å². The summed E-state index contributed by atoms with van der Waals surface area (Å²) in [5.41, 5.74) is 9.54. The van der Waals surface area contributed by atoms with Crippen molar-refractivity contribution in [3.63, 3.8) is 0 Å². The summed E-state index contributed by atoms with van der Waals surface area (Å²) < 4.78 is 10.1. The van der Waals surface area contributed by atoms with E-state index in [4.69, 9.17) is 15.0 Å². The maximum Gasteiger partial charge on any atom is 0.408 e. The number of carbonyl (C=O) groups is 4. The highest BCUT2D eigenvalue weighted by atomic mass is 16.6. The van der Waals surface area contributed by atoms with Crippen LogP contribution in [0.4, 0.5) is 4.79 Å². The molecule has 2 rings (SSSR count). The van der Waals surface area contributed by atoms with Crippen molar-refractivity contribution < 1.29 is 33.4 Å². The first-order valence-electron chi connectivity index (χ1n) is 9.42. The predicted molar refractivity (Wildman–Crippen MR) is 109 cm³/mol. The summed E-state index contributed by atoms with van der Waals surface area (Å²) in [6, 6.07) is 16.0. The van der Waals surface area contributed by atoms with Gasteiger partial charge < -0.3 is 20.3 Å². The molecule has 0 saturated carbocycles. The minimum absolute atomic E-state index is 0.0168. The fraction of sp³-hybridized carbons (Fsp3) is 0.227. The standard InChI is InChI=1S/C22H21N3O6/c23-24-13-18(26)11-12-19(25-22(29)31-14-16-7-3-1-4-8-16)21(28)30-15-20(27)17-9-5-2-6-10-17/h1-10,13,19H,11-12,14-15H2,(H,25,29)/t19-/m0/s1. The van der Waals surface area contributed by atoms with Gasteiger partial charge in [0.1, 0.15) is 12.6 Å². The molecule has 0 bridgehead atoms. The molecule has 0 heterocycles. The number of nitrogens with zero attached hydrogens (tertiary/aromatic N) is 2. The Morgan fingerprint density at radius 1 is 0.968 bits per heavy atom. The van der Waals surface area contributed by atoms with E-state index in [9.17, 15) is 19.2 Å². The van der Waals surface area contributed by atoms with Crippen molar-refractivity contribution >= 4 is 29.8 Å². The summed E-state index contributed by atoms with van der Waals surface area (Å²) in [6.07, 6.45) is -0.530. The maximum absolute atomic E-state index is 12.4. The second kappa shape index (κ2) is 12.5. The summed E-state index contributed by atoms with van der Waals surface area (Å²) in [6.45, 7) is -0.539. The Morgan fingerprint density at radius 3 is 2.26 bits per heavy atom. The lowest BCUT2D eigenvalue weighted by molar-refractivity contribution is -0.145. The highest BCUT2D eigenvalue weighted by Gasteiger charge is 2.25. The summed E-state index contributed by atoms with van der Waals surface area (Å²) in [5, 5.41) is 2.34. The highest BCUT2D eigenvalue weighted by molar-refractivity contribution is 6.25. The molecule has 2 aromatic carbocycles. The van der Waals surface area contributed by atoms with Gasteiger partial charge in [-0.25, -0.2) is 9.59 Å². The molecule has 0 aliphatic carbocycles. The van der Waals surface area contributed by atoms with Gasteiger partial charge in [0.2, 0.25) is 5.78 Å². The second-order valence-corrected chi connectivity index (χ2v) is 6.41. The van der Waals surface area contributed by atoms with E-state index < -0.39 is 36.3 Å². The number of hydrogen-bond acceptors (Lipinski definition) is 6. The van der Waals surface area contributed by atoms with Crippen LogP contribution in [0.5, 0.6) is 0 Å². The molecule has 2 aromatic rings. The van der Waals surface area contributed by atoms with Crippen LogP contribution in [0.1, 0.15) is 28.8 Å². The Kier molecular flexibility index (Phi) is 9.32. The number of ether oxygens (including phenoxy) is 2. The molecule has 1 N–H and O–H groups in total. The number of benzene rings is 2. The zero-order valence-electron chi connectivity index (χ0n) is 16.6. The van der Waals surface area contributed by atoms with Gasteiger partial charge in [-0.1, -0.05) is 60.7 Å². The zero-order chi connectivity index (χ0) is 22.5. The van der Waals surface area contributed by atoms with Crippen LogP contribution in [0, 0.1) is 0 Å². The van der Waals surface area contributed by atoms with Crippen LogP contribution in [0.15, 0.2) is 60.7 Å². The van der Waals surface area contributed by atoms with E-state index in [1.54, 1.807) is 54.6 Å². The van der Waals surface area contributed by atoms with Gasteiger partial charge in [-0.05, 0) is 12.0 Å². The third-order valence-corrected chi connectivity index (χ3v) is 4.11. The van der Waals surface area contributed by atoms with Crippen LogP contribution in [-0.4, -0.2) is 47.3 Å². The molecule has 31 heavy (non-hydrogen) atoms. The van der Waals surface area contributed by atoms with Crippen LogP contribution in [0.2, 0.25) is 0 Å². The highest BCUT2D eigenvalue weighted by Crippen LogP contribution is 2.06. The van der Waals surface area contributed by atoms with Gasteiger partial charge >= 0.3 is 18.3 Å². The van der Waals surface area contributed by atoms with Gasteiger partial charge in [0, 0.05) is 12.0 Å². The Morgan fingerprint density at radius 2 is 1.61 bits per heavy atom. The Bertz CT molecular complexity index is 956. The van der Waals surface area contributed by atoms with Gasteiger partial charge in [0.15, 0.2) is 12.4 Å². The van der Waals surface area contributed by atoms with Crippen molar-refractivity contribution in [2.45, 2.75) is 25.5 Å². The molecule has 0 aliphatic heterocycles. The van der Waals surface area contributed by atoms with Crippen LogP contribution in [0.25, 0.3) is 5.53 Å². The maximum atomic E-state index is 12.4. The quantitative estimate of drug-likeness (QED) is 0.194. The van der Waals surface area contributed by atoms with Crippen molar-refractivity contribution in [3.05, 3.63) is 77.3 Å². The fourth-order valence-electron chi connectivity index (χ4n) is 2.52. The number of nitrogens with one attached hydrogen (secondary N) is 1. The summed E-state index contributed by atoms with van der Waals surface area (Å²) in [7, 11) is 0. The third-order valence-electron chi connectivity index (χ3n) is 4.11. The molecule has 9 nitrogen and oxygen atoms in total. The fourth-order valence-corrected chi connectivity index (χ4v) is 2.52. The molecule has 1 atom stereocenters. The molecular weight excluding hydrogens is 402 g/mol. The van der Waals surface area contributed by atoms with Crippen LogP contribution in [0.3, 0.4) is 0 Å². The second-order valence-electron chi connectivity index (χ2n) is 6.41. The molecule has 9 heteroatoms. The predicted octanol–water partition coefficient (Wildman–Crippen LogP) is 2.36. The van der Waals surface area contributed by atoms with Crippen molar-refractivity contribution in [2.24, 2.45) is 0 Å². The molecule has 0 aromatic heterocycles. The average Bonchev–Trinajstić information content (AvgIpc) is 2.80. The first-order valence-corrected chi connectivity index (χ1v) is 9.42. The lowest BCUT2D eigenvalue weighted by atomic mass is 10.1. The molecular formula is C22H21N3O6. The smallest absolute Gasteiger partial charge is 0.408 e. The van der Waals surface area contributed by atoms with Gasteiger partial charge in [-0.3, -0.25) is 9.59 Å². The average molecular weight is 423 g/mol. The molecule has 0 unspecified atom stereocenters. The van der Waals surface area contributed by atoms with Crippen molar-refractivity contribution in [3.8, 4) is 0 Å². The molecule has 1 amide bonds. The zero-order valence-corrected chi connectivity index (χ0v) is 16.6. The van der Waals surface area contributed by atoms with Crippen LogP contribution >= 0.6 is 0 Å². The van der Waals surface area contributed by atoms with Gasteiger partial charge in [-0.2, -0.15) is 4.79 Å². The molecule has 0 spiro atoms. The third kappa shape index (κ3) is 8.43. The molecule has 0 fully saturated rings. The van der Waals surface area contributed by atoms with E-state index in [0.717, 1.165) is 5.56 Å². The first-order chi connectivity index (χ1) is 15.0. The topological polar surface area (TPSA) is 135 Å². The minimum atomic E-state index is -1.23. The van der Waals surface area contributed by atoms with E-state index in [0.29, 0.717) is 11.8 Å². The van der Waals surface area contributed by atoms with Crippen LogP contribution in [-0.2, 0) is 25.7 Å². The Balaban J connectivity index is 1.94. The van der Waals surface area contributed by atoms with Crippen LogP contribution < -0.4 is 5.32 Å². The number of rotatable bonds is 11.